The van der Waals surface area contributed by atoms with Crippen molar-refractivity contribution in [3.63, 3.8) is 0 Å². The van der Waals surface area contributed by atoms with Gasteiger partial charge in [0.1, 0.15) is 17.0 Å². The molecule has 0 heterocycles. The zero-order chi connectivity index (χ0) is 21.1. The van der Waals surface area contributed by atoms with Crippen molar-refractivity contribution < 1.29 is 19.2 Å². The Labute approximate surface area is 166 Å². The number of hydrogen-bond acceptors (Lipinski definition) is 6. The fraction of sp³-hybridized carbons (Fsp3) is 0.667. The fourth-order valence-corrected chi connectivity index (χ4v) is 4.06. The number of carbonyl (C=O) groups excluding carboxylic acids is 1. The van der Waals surface area contributed by atoms with E-state index in [1.807, 2.05) is 0 Å². The lowest BCUT2D eigenvalue weighted by Crippen LogP contribution is -2.35. The molecule has 1 fully saturated rings. The van der Waals surface area contributed by atoms with Gasteiger partial charge in [-0.2, -0.15) is 0 Å². The molecule has 0 aliphatic heterocycles. The first-order chi connectivity index (χ1) is 12.8. The summed E-state index contributed by atoms with van der Waals surface area (Å²) >= 11 is 0. The van der Waals surface area contributed by atoms with Gasteiger partial charge in [0.2, 0.25) is 0 Å². The van der Waals surface area contributed by atoms with Gasteiger partial charge in [-0.05, 0) is 63.5 Å². The van der Waals surface area contributed by atoms with Crippen LogP contribution in [-0.2, 0) is 9.53 Å². The van der Waals surface area contributed by atoms with Crippen LogP contribution in [0.4, 0.5) is 11.4 Å². The summed E-state index contributed by atoms with van der Waals surface area (Å²) in [6.07, 6.45) is 3.10. The van der Waals surface area contributed by atoms with Crippen LogP contribution >= 0.6 is 0 Å². The molecular formula is C21H32N2O5. The van der Waals surface area contributed by atoms with Crippen molar-refractivity contribution >= 4 is 17.3 Å². The van der Waals surface area contributed by atoms with Gasteiger partial charge in [0.15, 0.2) is 6.61 Å². The first-order valence-electron chi connectivity index (χ1n) is 9.74. The third-order valence-corrected chi connectivity index (χ3v) is 4.69. The van der Waals surface area contributed by atoms with E-state index in [-0.39, 0.29) is 29.5 Å². The van der Waals surface area contributed by atoms with Crippen LogP contribution < -0.4 is 10.1 Å². The Balaban J connectivity index is 2.08. The Morgan fingerprint density at radius 2 is 2.00 bits per heavy atom. The van der Waals surface area contributed by atoms with Crippen LogP contribution in [0.1, 0.15) is 60.8 Å². The average molecular weight is 392 g/mol. The number of hydrogen-bond donors (Lipinski definition) is 1. The Morgan fingerprint density at radius 3 is 2.57 bits per heavy atom. The minimum atomic E-state index is -0.606. The summed E-state index contributed by atoms with van der Waals surface area (Å²) < 4.78 is 10.6. The lowest BCUT2D eigenvalue weighted by Gasteiger charge is -2.39. The minimum absolute atomic E-state index is 0.0577. The van der Waals surface area contributed by atoms with Crippen LogP contribution in [0, 0.1) is 21.4 Å². The van der Waals surface area contributed by atoms with Crippen molar-refractivity contribution in [3.05, 3.63) is 28.3 Å². The van der Waals surface area contributed by atoms with Crippen molar-refractivity contribution in [1.82, 2.24) is 0 Å². The molecule has 1 saturated carbocycles. The summed E-state index contributed by atoms with van der Waals surface area (Å²) in [7, 11) is 0. The number of ether oxygens (including phenoxy) is 2. The maximum Gasteiger partial charge on any atom is 0.344 e. The topological polar surface area (TPSA) is 90.7 Å². The smallest absolute Gasteiger partial charge is 0.344 e. The summed E-state index contributed by atoms with van der Waals surface area (Å²) in [5.74, 6) is 0.313. The van der Waals surface area contributed by atoms with E-state index < -0.39 is 16.5 Å². The van der Waals surface area contributed by atoms with E-state index in [1.54, 1.807) is 32.9 Å². The normalized spacial score (nSPS) is 21.6. The second-order valence-corrected chi connectivity index (χ2v) is 9.57. The average Bonchev–Trinajstić information content (AvgIpc) is 2.50. The van der Waals surface area contributed by atoms with Crippen molar-refractivity contribution in [2.24, 2.45) is 11.3 Å². The van der Waals surface area contributed by atoms with E-state index in [2.05, 4.69) is 26.1 Å². The molecule has 0 saturated heterocycles. The van der Waals surface area contributed by atoms with Crippen LogP contribution in [0.25, 0.3) is 0 Å². The molecule has 1 aliphatic carbocycles. The molecule has 0 spiro atoms. The predicted octanol–water partition coefficient (Wildman–Crippen LogP) is 4.94. The maximum atomic E-state index is 11.8. The van der Waals surface area contributed by atoms with Crippen molar-refractivity contribution in [2.45, 2.75) is 72.4 Å². The number of nitrogens with zero attached hydrogens (tertiary/aromatic N) is 1. The second-order valence-electron chi connectivity index (χ2n) is 9.57. The molecule has 1 N–H and O–H groups in total. The molecule has 2 unspecified atom stereocenters. The van der Waals surface area contributed by atoms with Crippen LogP contribution in [-0.4, -0.2) is 29.1 Å². The third kappa shape index (κ3) is 6.69. The molecule has 28 heavy (non-hydrogen) atoms. The number of anilines is 1. The number of carbonyl (C=O) groups is 1. The van der Waals surface area contributed by atoms with Crippen LogP contribution in [0.15, 0.2) is 18.2 Å². The van der Waals surface area contributed by atoms with Crippen LogP contribution in [0.2, 0.25) is 0 Å². The lowest BCUT2D eigenvalue weighted by molar-refractivity contribution is -0.384. The molecule has 0 aromatic heterocycles. The molecule has 1 aromatic rings. The molecule has 1 aliphatic rings. The minimum Gasteiger partial charge on any atom is -0.482 e. The molecule has 2 rings (SSSR count). The van der Waals surface area contributed by atoms with Gasteiger partial charge in [-0.15, -0.1) is 0 Å². The summed E-state index contributed by atoms with van der Waals surface area (Å²) in [5.41, 5.74) is 0.0216. The number of nitro benzene ring substituents is 1. The highest BCUT2D eigenvalue weighted by Gasteiger charge is 2.33. The Bertz CT molecular complexity index is 724. The number of nitrogens with one attached hydrogen (secondary N) is 1. The third-order valence-electron chi connectivity index (χ3n) is 4.69. The standard InChI is InChI=1S/C21H32N2O5/c1-14-9-15(12-21(5,6)11-14)22-17-8-7-16(10-18(17)23(25)26)27-13-19(24)28-20(2,3)4/h7-8,10,14-15,22H,9,11-13H2,1-6H3. The summed E-state index contributed by atoms with van der Waals surface area (Å²) in [4.78, 5) is 22.9. The van der Waals surface area contributed by atoms with Gasteiger partial charge in [-0.3, -0.25) is 10.1 Å². The van der Waals surface area contributed by atoms with Crippen LogP contribution in [0.3, 0.4) is 0 Å². The number of nitro groups is 1. The fourth-order valence-electron chi connectivity index (χ4n) is 4.06. The summed E-state index contributed by atoms with van der Waals surface area (Å²) in [6, 6.07) is 4.82. The Morgan fingerprint density at radius 1 is 1.32 bits per heavy atom. The van der Waals surface area contributed by atoms with Gasteiger partial charge in [0, 0.05) is 6.04 Å². The highest BCUT2D eigenvalue weighted by Crippen LogP contribution is 2.40. The number of rotatable bonds is 6. The van der Waals surface area contributed by atoms with E-state index in [0.29, 0.717) is 11.6 Å². The van der Waals surface area contributed by atoms with Crippen LogP contribution in [0.5, 0.6) is 5.75 Å². The highest BCUT2D eigenvalue weighted by atomic mass is 16.6. The van der Waals surface area contributed by atoms with Gasteiger partial charge < -0.3 is 14.8 Å². The van der Waals surface area contributed by atoms with E-state index in [9.17, 15) is 14.9 Å². The molecule has 0 radical (unpaired) electrons. The van der Waals surface area contributed by atoms with E-state index in [4.69, 9.17) is 9.47 Å². The molecule has 156 valence electrons. The molecule has 7 nitrogen and oxygen atoms in total. The monoisotopic (exact) mass is 392 g/mol. The second kappa shape index (κ2) is 8.37. The van der Waals surface area contributed by atoms with Gasteiger partial charge in [0.05, 0.1) is 11.0 Å². The first kappa shape index (κ1) is 22.0. The number of esters is 1. The van der Waals surface area contributed by atoms with Gasteiger partial charge in [-0.25, -0.2) is 4.79 Å². The largest absolute Gasteiger partial charge is 0.482 e. The van der Waals surface area contributed by atoms with Crippen molar-refractivity contribution in [2.75, 3.05) is 11.9 Å². The van der Waals surface area contributed by atoms with Gasteiger partial charge in [0.25, 0.3) is 5.69 Å². The summed E-state index contributed by atoms with van der Waals surface area (Å²) in [5, 5.41) is 14.9. The Hall–Kier alpha value is -2.31. The van der Waals surface area contributed by atoms with Crippen molar-refractivity contribution in [1.29, 1.82) is 0 Å². The molecular weight excluding hydrogens is 360 g/mol. The van der Waals surface area contributed by atoms with Gasteiger partial charge in [-0.1, -0.05) is 20.8 Å². The van der Waals surface area contributed by atoms with E-state index in [0.717, 1.165) is 19.3 Å². The van der Waals surface area contributed by atoms with E-state index in [1.165, 1.54) is 6.07 Å². The van der Waals surface area contributed by atoms with Crippen molar-refractivity contribution in [3.8, 4) is 5.75 Å². The highest BCUT2D eigenvalue weighted by molar-refractivity contribution is 5.72. The molecule has 0 amide bonds. The molecule has 2 atom stereocenters. The maximum absolute atomic E-state index is 11.8. The lowest BCUT2D eigenvalue weighted by atomic mass is 9.70. The Kier molecular flexibility index (Phi) is 6.57. The molecule has 1 aromatic carbocycles. The quantitative estimate of drug-likeness (QED) is 0.419. The SMILES string of the molecule is CC1CC(Nc2ccc(OCC(=O)OC(C)(C)C)cc2[N+](=O)[O-])CC(C)(C)C1. The zero-order valence-electron chi connectivity index (χ0n) is 17.7. The first-order valence-corrected chi connectivity index (χ1v) is 9.74. The summed E-state index contributed by atoms with van der Waals surface area (Å²) in [6.45, 7) is 11.7. The number of benzene rings is 1. The zero-order valence-corrected chi connectivity index (χ0v) is 17.7. The van der Waals surface area contributed by atoms with Gasteiger partial charge >= 0.3 is 5.97 Å². The molecule has 7 heteroatoms. The van der Waals surface area contributed by atoms with E-state index >= 15 is 0 Å². The molecule has 0 bridgehead atoms. The predicted molar refractivity (Wildman–Crippen MR) is 109 cm³/mol.